The highest BCUT2D eigenvalue weighted by molar-refractivity contribution is 6.00. The predicted molar refractivity (Wildman–Crippen MR) is 198 cm³/mol. The Morgan fingerprint density at radius 3 is 2.44 bits per heavy atom. The Labute approximate surface area is 311 Å². The van der Waals surface area contributed by atoms with E-state index >= 15 is 0 Å². The second-order valence-electron chi connectivity index (χ2n) is 16.0. The lowest BCUT2D eigenvalue weighted by Gasteiger charge is -2.47. The van der Waals surface area contributed by atoms with Crippen LogP contribution in [0, 0.1) is 23.7 Å². The third-order valence-corrected chi connectivity index (χ3v) is 11.6. The van der Waals surface area contributed by atoms with Crippen molar-refractivity contribution in [3.8, 4) is 0 Å². The Morgan fingerprint density at radius 2 is 1.85 bits per heavy atom. The van der Waals surface area contributed by atoms with E-state index in [1.54, 1.807) is 25.0 Å². The van der Waals surface area contributed by atoms with E-state index in [0.29, 0.717) is 45.3 Å². The third-order valence-electron chi connectivity index (χ3n) is 11.6. The molecule has 296 valence electrons. The molecule has 0 aromatic carbocycles. The van der Waals surface area contributed by atoms with Crippen LogP contribution in [0.5, 0.6) is 0 Å². The van der Waals surface area contributed by atoms with Gasteiger partial charge in [0.1, 0.15) is 12.0 Å². The van der Waals surface area contributed by atoms with E-state index in [-0.39, 0.29) is 42.2 Å². The molecule has 0 aromatic heterocycles. The number of ether oxygens (including phenoxy) is 5. The van der Waals surface area contributed by atoms with Gasteiger partial charge in [-0.25, -0.2) is 4.79 Å². The van der Waals surface area contributed by atoms with E-state index in [9.17, 15) is 14.4 Å². The predicted octanol–water partition coefficient (Wildman–Crippen LogP) is 5.89. The fraction of sp³-hybridized carbons (Fsp3) is 0.868. The first-order chi connectivity index (χ1) is 24.5. The van der Waals surface area contributed by atoms with Gasteiger partial charge < -0.3 is 33.9 Å². The molecule has 3 saturated heterocycles. The first-order valence-electron chi connectivity index (χ1n) is 19.1. The molecular formula is C38H66N6O8. The number of carbonyl (C=O) groups excluding carboxylic acids is 3. The van der Waals surface area contributed by atoms with Gasteiger partial charge in [0.25, 0.3) is 0 Å². The molecule has 14 nitrogen and oxygen atoms in total. The number of esters is 1. The summed E-state index contributed by atoms with van der Waals surface area (Å²) in [6.45, 7) is 20.8. The lowest BCUT2D eigenvalue weighted by Crippen LogP contribution is -2.61. The first-order valence-corrected chi connectivity index (χ1v) is 19.1. The highest BCUT2D eigenvalue weighted by atomic mass is 16.7. The number of ketones is 1. The molecule has 0 radical (unpaired) electrons. The summed E-state index contributed by atoms with van der Waals surface area (Å²) in [6, 6.07) is -0.584. The van der Waals surface area contributed by atoms with Gasteiger partial charge in [-0.1, -0.05) is 38.9 Å². The van der Waals surface area contributed by atoms with Crippen LogP contribution in [0.3, 0.4) is 0 Å². The van der Waals surface area contributed by atoms with Crippen LogP contribution in [-0.2, 0) is 33.3 Å². The molecule has 14 heteroatoms. The summed E-state index contributed by atoms with van der Waals surface area (Å²) in [4.78, 5) is 49.1. The van der Waals surface area contributed by atoms with Crippen LogP contribution in [0.15, 0.2) is 17.8 Å². The lowest BCUT2D eigenvalue weighted by molar-refractivity contribution is -0.281. The van der Waals surface area contributed by atoms with Crippen molar-refractivity contribution in [1.82, 2.24) is 15.1 Å². The lowest BCUT2D eigenvalue weighted by atomic mass is 9.77. The van der Waals surface area contributed by atoms with Gasteiger partial charge in [-0.2, -0.15) is 0 Å². The summed E-state index contributed by atoms with van der Waals surface area (Å²) in [5.41, 5.74) is 6.51. The zero-order valence-electron chi connectivity index (χ0n) is 33.5. The average molecular weight is 735 g/mol. The molecule has 3 rings (SSSR count). The number of amides is 1. The molecule has 13 atom stereocenters. The molecule has 0 aromatic rings. The van der Waals surface area contributed by atoms with Crippen molar-refractivity contribution in [1.29, 1.82) is 0 Å². The van der Waals surface area contributed by atoms with E-state index in [2.05, 4.69) is 54.8 Å². The normalized spacial score (nSPS) is 39.5. The van der Waals surface area contributed by atoms with E-state index in [0.717, 1.165) is 6.42 Å². The Kier molecular flexibility index (Phi) is 16.0. The highest BCUT2D eigenvalue weighted by Gasteiger charge is 2.58. The smallest absolute Gasteiger partial charge is 0.410 e. The second-order valence-corrected chi connectivity index (χ2v) is 16.0. The topological polar surface area (TPSA) is 165 Å². The van der Waals surface area contributed by atoms with Gasteiger partial charge in [0.15, 0.2) is 17.7 Å². The molecule has 1 N–H and O–H groups in total. The number of allylic oxidation sites excluding steroid dienone is 1. The molecule has 3 fully saturated rings. The number of Topliss-reactive ketones (excluding diaryl/α,β-unsaturated/α-hetero) is 1. The number of hydrogen-bond acceptors (Lipinski definition) is 11. The van der Waals surface area contributed by atoms with E-state index in [1.807, 2.05) is 34.6 Å². The summed E-state index contributed by atoms with van der Waals surface area (Å²) >= 11 is 0. The number of nitrogens with one attached hydrogen (secondary N) is 1. The number of cyclic esters (lactones) is 1. The van der Waals surface area contributed by atoms with Gasteiger partial charge >= 0.3 is 12.1 Å². The number of rotatable bonds is 12. The SMILES string of the molecule is C=CC[C@H]1C(=O)O[C@H](CC)[C@@]2(C)OC(=O)N(CCCCN=[N+]=[N-])[C@@H]2[C@@H](C)NC[C@H](C)C[C@@](C)(OC)[C@H](O[C@@H]2OC(C)CC(N(C)C)C2C)[C@@H](C)C1=O. The van der Waals surface area contributed by atoms with Crippen LogP contribution >= 0.6 is 0 Å². The number of fused-ring (bicyclic) bond motifs is 1. The van der Waals surface area contributed by atoms with Gasteiger partial charge in [0.2, 0.25) is 0 Å². The summed E-state index contributed by atoms with van der Waals surface area (Å²) in [7, 11) is 5.74. The van der Waals surface area contributed by atoms with Crippen LogP contribution in [0.25, 0.3) is 10.4 Å². The molecule has 1 amide bonds. The van der Waals surface area contributed by atoms with Crippen molar-refractivity contribution in [2.75, 3.05) is 40.8 Å². The maximum atomic E-state index is 14.6. The molecule has 3 aliphatic rings. The van der Waals surface area contributed by atoms with Crippen LogP contribution in [0.1, 0.15) is 93.9 Å². The minimum atomic E-state index is -1.23. The highest BCUT2D eigenvalue weighted by Crippen LogP contribution is 2.41. The van der Waals surface area contributed by atoms with Gasteiger partial charge in [0.05, 0.1) is 23.9 Å². The van der Waals surface area contributed by atoms with E-state index < -0.39 is 59.6 Å². The van der Waals surface area contributed by atoms with Crippen molar-refractivity contribution >= 4 is 17.8 Å². The van der Waals surface area contributed by atoms with Crippen LogP contribution < -0.4 is 5.32 Å². The molecule has 0 saturated carbocycles. The number of methoxy groups -OCH3 is 1. The molecule has 52 heavy (non-hydrogen) atoms. The first kappa shape index (κ1) is 43.7. The minimum Gasteiger partial charge on any atom is -0.457 e. The Balaban J connectivity index is 2.09. The summed E-state index contributed by atoms with van der Waals surface area (Å²) in [5.74, 6) is -2.95. The second kappa shape index (κ2) is 19.0. The molecule has 0 aliphatic carbocycles. The van der Waals surface area contributed by atoms with Gasteiger partial charge in [-0.3, -0.25) is 14.5 Å². The number of unbranched alkanes of at least 4 members (excludes halogenated alkanes) is 1. The van der Waals surface area contributed by atoms with Crippen molar-refractivity contribution in [2.24, 2.45) is 28.8 Å². The zero-order valence-corrected chi connectivity index (χ0v) is 33.5. The van der Waals surface area contributed by atoms with Crippen molar-refractivity contribution in [3.63, 3.8) is 0 Å². The molecule has 3 heterocycles. The van der Waals surface area contributed by atoms with Gasteiger partial charge in [0, 0.05) is 49.0 Å². The largest absolute Gasteiger partial charge is 0.457 e. The Morgan fingerprint density at radius 1 is 1.15 bits per heavy atom. The quantitative estimate of drug-likeness (QED) is 0.0487. The monoisotopic (exact) mass is 734 g/mol. The summed E-state index contributed by atoms with van der Waals surface area (Å²) in [6.07, 6.45) is 1.75. The Bertz CT molecular complexity index is 1280. The van der Waals surface area contributed by atoms with Crippen LogP contribution in [0.2, 0.25) is 0 Å². The maximum absolute atomic E-state index is 14.6. The number of carbonyl (C=O) groups is 3. The van der Waals surface area contributed by atoms with Gasteiger partial charge in [-0.05, 0) is 98.3 Å². The molecule has 0 spiro atoms. The Hall–Kier alpha value is -2.74. The average Bonchev–Trinajstić information content (AvgIpc) is 3.36. The van der Waals surface area contributed by atoms with Crippen LogP contribution in [0.4, 0.5) is 4.79 Å². The van der Waals surface area contributed by atoms with Crippen molar-refractivity contribution in [2.45, 2.75) is 148 Å². The fourth-order valence-electron chi connectivity index (χ4n) is 8.78. The zero-order chi connectivity index (χ0) is 39.0. The summed E-state index contributed by atoms with van der Waals surface area (Å²) in [5, 5.41) is 7.29. The molecule has 3 unspecified atom stereocenters. The molecule has 0 bridgehead atoms. The van der Waals surface area contributed by atoms with Gasteiger partial charge in [-0.15, -0.1) is 6.58 Å². The fourth-order valence-corrected chi connectivity index (χ4v) is 8.78. The van der Waals surface area contributed by atoms with Crippen LogP contribution in [-0.4, -0.2) is 122 Å². The number of azide groups is 1. The van der Waals surface area contributed by atoms with Crippen molar-refractivity contribution < 1.29 is 38.1 Å². The maximum Gasteiger partial charge on any atom is 0.410 e. The van der Waals surface area contributed by atoms with E-state index in [1.165, 1.54) is 0 Å². The number of nitrogens with zero attached hydrogens (tertiary/aromatic N) is 5. The van der Waals surface area contributed by atoms with Crippen molar-refractivity contribution in [3.05, 3.63) is 23.1 Å². The standard InChI is InChI=1S/C38H66N6O8/c1-13-17-28-31(45)26(6)33(51-35-25(5)29(43(10)11)20-24(4)49-35)37(8,48-12)21-23(3)22-40-27(7)32-38(9,30(14-2)50-34(28)46)52-36(47)44(32)19-16-15-18-41-42-39/h13,23-30,32-33,35,40H,1,14-22H2,2-12H3/t23-,24?,25?,26+,27-,28-,29?,30-,32-,33-,35+,37-,38-/m1/s1. The summed E-state index contributed by atoms with van der Waals surface area (Å²) < 4.78 is 32.0. The van der Waals surface area contributed by atoms with E-state index in [4.69, 9.17) is 29.2 Å². The third kappa shape index (κ3) is 9.86. The number of hydrogen-bond donors (Lipinski definition) is 1. The molecular weight excluding hydrogens is 668 g/mol. The minimum absolute atomic E-state index is 0.00436. The molecule has 3 aliphatic heterocycles.